The fraction of sp³-hybridized carbons (Fsp3) is 0.125. The van der Waals surface area contributed by atoms with Gasteiger partial charge < -0.3 is 5.32 Å². The Kier molecular flexibility index (Phi) is 3.95. The third-order valence-electron chi connectivity index (χ3n) is 3.76. The third kappa shape index (κ3) is 3.23. The molecule has 0 aliphatic carbocycles. The molecule has 0 unspecified atom stereocenters. The van der Waals surface area contributed by atoms with E-state index in [-0.39, 0.29) is 4.90 Å². The summed E-state index contributed by atoms with van der Waals surface area (Å²) < 4.78 is 24.8. The van der Waals surface area contributed by atoms with Crippen molar-refractivity contribution in [2.75, 3.05) is 5.32 Å². The van der Waals surface area contributed by atoms with Crippen molar-refractivity contribution in [1.29, 1.82) is 0 Å². The highest BCUT2D eigenvalue weighted by Gasteiger charge is 2.12. The lowest BCUT2D eigenvalue weighted by Gasteiger charge is -1.95. The molecule has 0 saturated heterocycles. The lowest BCUT2D eigenvalue weighted by molar-refractivity contribution is 0.598. The van der Waals surface area contributed by atoms with Gasteiger partial charge in [-0.2, -0.15) is 0 Å². The molecule has 0 spiro atoms. The number of aryl methyl sites for hydroxylation is 1. The Labute approximate surface area is 152 Å². The molecule has 0 bridgehead atoms. The molecule has 0 saturated carbocycles. The Bertz CT molecular complexity index is 1190. The maximum Gasteiger partial charge on any atom is 0.238 e. The van der Waals surface area contributed by atoms with Crippen LogP contribution in [0.1, 0.15) is 12.5 Å². The van der Waals surface area contributed by atoms with Crippen LogP contribution in [0.2, 0.25) is 0 Å². The van der Waals surface area contributed by atoms with Gasteiger partial charge in [0.05, 0.1) is 25.3 Å². The molecule has 128 valence electrons. The van der Waals surface area contributed by atoms with Crippen molar-refractivity contribution in [2.45, 2.75) is 18.2 Å². The monoisotopic (exact) mass is 390 g/mol. The number of rotatable bonds is 4. The quantitative estimate of drug-likeness (QED) is 0.551. The first-order valence-electron chi connectivity index (χ1n) is 7.52. The van der Waals surface area contributed by atoms with Crippen molar-refractivity contribution in [3.8, 4) is 0 Å². The highest BCUT2D eigenvalue weighted by atomic mass is 32.2. The Morgan fingerprint density at radius 3 is 2.20 bits per heavy atom. The number of aromatic nitrogens is 2. The summed E-state index contributed by atoms with van der Waals surface area (Å²) in [5, 5.41) is 9.81. The zero-order valence-electron chi connectivity index (χ0n) is 13.2. The van der Waals surface area contributed by atoms with Crippen LogP contribution >= 0.6 is 22.7 Å². The molecule has 6 nitrogen and oxygen atoms in total. The third-order valence-corrected chi connectivity index (χ3v) is 6.54. The van der Waals surface area contributed by atoms with E-state index in [1.165, 1.54) is 23.0 Å². The van der Waals surface area contributed by atoms with Gasteiger partial charge in [-0.1, -0.05) is 35.7 Å². The van der Waals surface area contributed by atoms with E-state index in [2.05, 4.69) is 34.3 Å². The maximum atomic E-state index is 11.5. The standard InChI is InChI=1S/C16H14N4O2S3/c1-2-9-3-5-11-13(7-9)23-15(18-11)20-16-19-12-6-4-10(25(17,21)22)8-14(12)24-16/h3-8H,2H2,1H3,(H2,17,21,22)(H,18,19,20). The van der Waals surface area contributed by atoms with Crippen molar-refractivity contribution < 1.29 is 8.42 Å². The minimum Gasteiger partial charge on any atom is -0.307 e. The lowest BCUT2D eigenvalue weighted by atomic mass is 10.2. The summed E-state index contributed by atoms with van der Waals surface area (Å²) in [7, 11) is -3.72. The van der Waals surface area contributed by atoms with Gasteiger partial charge in [0.2, 0.25) is 10.0 Å². The van der Waals surface area contributed by atoms with E-state index in [0.717, 1.165) is 26.5 Å². The summed E-state index contributed by atoms with van der Waals surface area (Å²) in [4.78, 5) is 9.13. The number of nitrogens with zero attached hydrogens (tertiary/aromatic N) is 2. The number of nitrogens with two attached hydrogens (primary N) is 1. The second-order valence-corrected chi connectivity index (χ2v) is 9.12. The van der Waals surface area contributed by atoms with E-state index < -0.39 is 10.0 Å². The maximum absolute atomic E-state index is 11.5. The second kappa shape index (κ2) is 6.03. The van der Waals surface area contributed by atoms with Crippen LogP contribution in [0.5, 0.6) is 0 Å². The molecule has 0 amide bonds. The molecule has 0 aliphatic heterocycles. The van der Waals surface area contributed by atoms with Crippen molar-refractivity contribution in [1.82, 2.24) is 9.97 Å². The van der Waals surface area contributed by atoms with Crippen LogP contribution in [-0.2, 0) is 16.4 Å². The normalized spacial score (nSPS) is 12.1. The number of hydrogen-bond acceptors (Lipinski definition) is 7. The largest absolute Gasteiger partial charge is 0.307 e. The number of fused-ring (bicyclic) bond motifs is 2. The fourth-order valence-electron chi connectivity index (χ4n) is 2.47. The first kappa shape index (κ1) is 16.4. The van der Waals surface area contributed by atoms with Crippen LogP contribution in [0.25, 0.3) is 20.4 Å². The smallest absolute Gasteiger partial charge is 0.238 e. The molecular formula is C16H14N4O2S3. The van der Waals surface area contributed by atoms with Crippen molar-refractivity contribution in [3.05, 3.63) is 42.0 Å². The van der Waals surface area contributed by atoms with Gasteiger partial charge in [0.1, 0.15) is 0 Å². The van der Waals surface area contributed by atoms with Gasteiger partial charge in [-0.25, -0.2) is 23.5 Å². The van der Waals surface area contributed by atoms with Crippen LogP contribution in [0.4, 0.5) is 10.3 Å². The van der Waals surface area contributed by atoms with Crippen LogP contribution in [0, 0.1) is 0 Å². The molecule has 0 fully saturated rings. The predicted octanol–water partition coefficient (Wildman–Crippen LogP) is 3.86. The van der Waals surface area contributed by atoms with Gasteiger partial charge in [-0.05, 0) is 42.3 Å². The van der Waals surface area contributed by atoms with Crippen LogP contribution in [0.15, 0.2) is 41.3 Å². The second-order valence-electron chi connectivity index (χ2n) is 5.49. The summed E-state index contributed by atoms with van der Waals surface area (Å²) >= 11 is 2.93. The van der Waals surface area contributed by atoms with E-state index in [0.29, 0.717) is 10.6 Å². The van der Waals surface area contributed by atoms with Crippen LogP contribution in [0.3, 0.4) is 0 Å². The summed E-state index contributed by atoms with van der Waals surface area (Å²) in [6.45, 7) is 2.12. The van der Waals surface area contributed by atoms with Gasteiger partial charge in [0, 0.05) is 0 Å². The van der Waals surface area contributed by atoms with E-state index in [1.54, 1.807) is 23.5 Å². The fourth-order valence-corrected chi connectivity index (χ4v) is 4.98. The van der Waals surface area contributed by atoms with E-state index >= 15 is 0 Å². The van der Waals surface area contributed by atoms with E-state index in [9.17, 15) is 8.42 Å². The first-order valence-corrected chi connectivity index (χ1v) is 10.7. The summed E-state index contributed by atoms with van der Waals surface area (Å²) in [5.74, 6) is 0. The van der Waals surface area contributed by atoms with Crippen molar-refractivity contribution >= 4 is 63.4 Å². The van der Waals surface area contributed by atoms with E-state index in [1.807, 2.05) is 6.07 Å². The zero-order valence-corrected chi connectivity index (χ0v) is 15.6. The molecule has 4 rings (SSSR count). The average molecular weight is 391 g/mol. The molecule has 3 N–H and O–H groups in total. The van der Waals surface area contributed by atoms with Gasteiger partial charge >= 0.3 is 0 Å². The molecule has 25 heavy (non-hydrogen) atoms. The highest BCUT2D eigenvalue weighted by Crippen LogP contribution is 2.33. The van der Waals surface area contributed by atoms with Crippen molar-refractivity contribution in [3.63, 3.8) is 0 Å². The topological polar surface area (TPSA) is 98.0 Å². The molecule has 2 heterocycles. The molecule has 9 heteroatoms. The number of anilines is 2. The molecule has 0 atom stereocenters. The molecule has 0 radical (unpaired) electrons. The average Bonchev–Trinajstić information content (AvgIpc) is 3.14. The lowest BCUT2D eigenvalue weighted by Crippen LogP contribution is -2.11. The van der Waals surface area contributed by atoms with Gasteiger partial charge in [0.15, 0.2) is 10.3 Å². The Morgan fingerprint density at radius 2 is 1.60 bits per heavy atom. The zero-order chi connectivity index (χ0) is 17.6. The van der Waals surface area contributed by atoms with Crippen LogP contribution in [-0.4, -0.2) is 18.4 Å². The summed E-state index contributed by atoms with van der Waals surface area (Å²) in [6, 6.07) is 10.9. The first-order chi connectivity index (χ1) is 11.9. The SMILES string of the molecule is CCc1ccc2nc(Nc3nc4ccc(S(N)(=O)=O)cc4s3)sc2c1. The van der Waals surface area contributed by atoms with Crippen LogP contribution < -0.4 is 10.5 Å². The van der Waals surface area contributed by atoms with Gasteiger partial charge in [-0.3, -0.25) is 0 Å². The number of nitrogens with one attached hydrogen (secondary N) is 1. The van der Waals surface area contributed by atoms with Crippen molar-refractivity contribution in [2.24, 2.45) is 5.14 Å². The Balaban J connectivity index is 1.68. The minimum atomic E-state index is -3.72. The van der Waals surface area contributed by atoms with E-state index in [4.69, 9.17) is 5.14 Å². The molecule has 4 aromatic rings. The number of benzene rings is 2. The number of primary sulfonamides is 1. The highest BCUT2D eigenvalue weighted by molar-refractivity contribution is 7.89. The number of thiazole rings is 2. The predicted molar refractivity (Wildman–Crippen MR) is 103 cm³/mol. The van der Waals surface area contributed by atoms with Gasteiger partial charge in [0.25, 0.3) is 0 Å². The molecule has 2 aromatic carbocycles. The molecular weight excluding hydrogens is 376 g/mol. The number of sulfonamides is 1. The molecule has 0 aliphatic rings. The summed E-state index contributed by atoms with van der Waals surface area (Å²) in [6.07, 6.45) is 0.987. The minimum absolute atomic E-state index is 0.0854. The Morgan fingerprint density at radius 1 is 1.00 bits per heavy atom. The van der Waals surface area contributed by atoms with Gasteiger partial charge in [-0.15, -0.1) is 0 Å². The Hall–Kier alpha value is -2.07. The summed E-state index contributed by atoms with van der Waals surface area (Å²) in [5.41, 5.74) is 2.94. The number of hydrogen-bond donors (Lipinski definition) is 2. The molecule has 2 aromatic heterocycles.